The second-order valence-electron chi connectivity index (χ2n) is 4.65. The fourth-order valence-corrected chi connectivity index (χ4v) is 3.40. The minimum absolute atomic E-state index is 0.175. The van der Waals surface area contributed by atoms with E-state index in [0.717, 1.165) is 0 Å². The van der Waals surface area contributed by atoms with E-state index >= 15 is 0 Å². The zero-order valence-corrected chi connectivity index (χ0v) is 13.5. The number of aryl methyl sites for hydroxylation is 1. The fraction of sp³-hybridized carbons (Fsp3) is 0.462. The number of hydrogen-bond acceptors (Lipinski definition) is 4. The SMILES string of the molecule is COCCC(C)NS(=O)(=O)c1cc(C(N)=S)ccc1C. The number of methoxy groups -OCH3 is 1. The third-order valence-electron chi connectivity index (χ3n) is 2.87. The molecule has 1 atom stereocenters. The number of sulfonamides is 1. The van der Waals surface area contributed by atoms with E-state index in [1.165, 1.54) is 6.07 Å². The highest BCUT2D eigenvalue weighted by Gasteiger charge is 2.20. The van der Waals surface area contributed by atoms with Gasteiger partial charge in [0.2, 0.25) is 10.0 Å². The van der Waals surface area contributed by atoms with Crippen LogP contribution < -0.4 is 10.5 Å². The van der Waals surface area contributed by atoms with Gasteiger partial charge >= 0.3 is 0 Å². The topological polar surface area (TPSA) is 81.4 Å². The summed E-state index contributed by atoms with van der Waals surface area (Å²) in [4.78, 5) is 0.376. The largest absolute Gasteiger partial charge is 0.389 e. The first-order valence-electron chi connectivity index (χ1n) is 6.19. The Bertz CT molecular complexity index is 585. The molecule has 0 radical (unpaired) electrons. The molecule has 1 unspecified atom stereocenters. The summed E-state index contributed by atoms with van der Waals surface area (Å²) < 4.78 is 32.3. The molecule has 0 heterocycles. The van der Waals surface area contributed by atoms with Gasteiger partial charge in [-0.2, -0.15) is 0 Å². The van der Waals surface area contributed by atoms with Gasteiger partial charge in [-0.3, -0.25) is 0 Å². The van der Waals surface area contributed by atoms with Crippen LogP contribution in [0.4, 0.5) is 0 Å². The minimum Gasteiger partial charge on any atom is -0.389 e. The summed E-state index contributed by atoms with van der Waals surface area (Å²) in [5.74, 6) is 0. The van der Waals surface area contributed by atoms with Gasteiger partial charge in [0.25, 0.3) is 0 Å². The van der Waals surface area contributed by atoms with Gasteiger partial charge in [0.15, 0.2) is 0 Å². The molecule has 0 aromatic heterocycles. The Morgan fingerprint density at radius 2 is 2.15 bits per heavy atom. The maximum atomic E-state index is 12.4. The van der Waals surface area contributed by atoms with Gasteiger partial charge in [0.1, 0.15) is 4.99 Å². The molecule has 0 fully saturated rings. The molecule has 0 aliphatic carbocycles. The summed E-state index contributed by atoms with van der Waals surface area (Å²) in [6.07, 6.45) is 0.601. The van der Waals surface area contributed by atoms with Crippen LogP contribution in [0, 0.1) is 6.92 Å². The van der Waals surface area contributed by atoms with Crippen LogP contribution in [0.15, 0.2) is 23.1 Å². The third-order valence-corrected chi connectivity index (χ3v) is 4.84. The molecular formula is C13H20N2O3S2. The molecule has 0 saturated heterocycles. The summed E-state index contributed by atoms with van der Waals surface area (Å²) in [5, 5.41) is 0. The van der Waals surface area contributed by atoms with E-state index in [9.17, 15) is 8.42 Å². The molecule has 0 amide bonds. The van der Waals surface area contributed by atoms with Crippen molar-refractivity contribution in [3.8, 4) is 0 Å². The second kappa shape index (κ2) is 7.12. The first-order valence-corrected chi connectivity index (χ1v) is 8.09. The van der Waals surface area contributed by atoms with E-state index in [-0.39, 0.29) is 15.9 Å². The standard InChI is InChI=1S/C13H20N2O3S2/c1-9-4-5-11(13(14)19)8-12(9)20(16,17)15-10(2)6-7-18-3/h4-5,8,10,15H,6-7H2,1-3H3,(H2,14,19). The number of hydrogen-bond donors (Lipinski definition) is 2. The van der Waals surface area contributed by atoms with Crippen LogP contribution in [0.5, 0.6) is 0 Å². The highest BCUT2D eigenvalue weighted by molar-refractivity contribution is 7.89. The first kappa shape index (κ1) is 17.0. The number of nitrogens with one attached hydrogen (secondary N) is 1. The average molecular weight is 316 g/mol. The molecule has 3 N–H and O–H groups in total. The van der Waals surface area contributed by atoms with Crippen molar-refractivity contribution in [1.29, 1.82) is 0 Å². The summed E-state index contributed by atoms with van der Waals surface area (Å²) in [7, 11) is -2.02. The monoisotopic (exact) mass is 316 g/mol. The highest BCUT2D eigenvalue weighted by atomic mass is 32.2. The number of rotatable bonds is 7. The maximum absolute atomic E-state index is 12.4. The normalized spacial score (nSPS) is 13.2. The van der Waals surface area contributed by atoms with Crippen molar-refractivity contribution in [1.82, 2.24) is 4.72 Å². The summed E-state index contributed by atoms with van der Waals surface area (Å²) in [6.45, 7) is 4.02. The molecule has 0 aliphatic rings. The van der Waals surface area contributed by atoms with Crippen LogP contribution in [-0.2, 0) is 14.8 Å². The van der Waals surface area contributed by atoms with Gasteiger partial charge in [-0.15, -0.1) is 0 Å². The molecule has 20 heavy (non-hydrogen) atoms. The molecule has 1 aromatic rings. The van der Waals surface area contributed by atoms with Crippen molar-refractivity contribution in [3.63, 3.8) is 0 Å². The van der Waals surface area contributed by atoms with Crippen LogP contribution in [0.3, 0.4) is 0 Å². The summed E-state index contributed by atoms with van der Waals surface area (Å²) in [6, 6.07) is 4.70. The average Bonchev–Trinajstić information content (AvgIpc) is 2.35. The van der Waals surface area contributed by atoms with Crippen molar-refractivity contribution < 1.29 is 13.2 Å². The van der Waals surface area contributed by atoms with Gasteiger partial charge < -0.3 is 10.5 Å². The minimum atomic E-state index is -3.60. The number of ether oxygens (including phenoxy) is 1. The lowest BCUT2D eigenvalue weighted by Gasteiger charge is -2.15. The fourth-order valence-electron chi connectivity index (χ4n) is 1.72. The predicted octanol–water partition coefficient (Wildman–Crippen LogP) is 1.33. The van der Waals surface area contributed by atoms with Gasteiger partial charge in [0.05, 0.1) is 4.90 Å². The molecule has 0 aliphatic heterocycles. The van der Waals surface area contributed by atoms with Crippen molar-refractivity contribution >= 4 is 27.2 Å². The van der Waals surface area contributed by atoms with E-state index < -0.39 is 10.0 Å². The van der Waals surface area contributed by atoms with E-state index in [0.29, 0.717) is 24.2 Å². The van der Waals surface area contributed by atoms with Crippen molar-refractivity contribution in [2.45, 2.75) is 31.2 Å². The number of nitrogens with two attached hydrogens (primary N) is 1. The van der Waals surface area contributed by atoms with Crippen molar-refractivity contribution in [3.05, 3.63) is 29.3 Å². The highest BCUT2D eigenvalue weighted by Crippen LogP contribution is 2.17. The quantitative estimate of drug-likeness (QED) is 0.742. The summed E-state index contributed by atoms with van der Waals surface area (Å²) >= 11 is 4.88. The predicted molar refractivity (Wildman–Crippen MR) is 83.3 cm³/mol. The Kier molecular flexibility index (Phi) is 6.07. The van der Waals surface area contributed by atoms with Crippen molar-refractivity contribution in [2.75, 3.05) is 13.7 Å². The lowest BCUT2D eigenvalue weighted by molar-refractivity contribution is 0.188. The molecule has 0 bridgehead atoms. The van der Waals surface area contributed by atoms with Crippen LogP contribution in [-0.4, -0.2) is 33.2 Å². The lowest BCUT2D eigenvalue weighted by Crippen LogP contribution is -2.34. The van der Waals surface area contributed by atoms with E-state index in [4.69, 9.17) is 22.7 Å². The third kappa shape index (κ3) is 4.52. The first-order chi connectivity index (χ1) is 9.27. The van der Waals surface area contributed by atoms with Crippen LogP contribution in [0.1, 0.15) is 24.5 Å². The van der Waals surface area contributed by atoms with E-state index in [1.54, 1.807) is 33.1 Å². The molecular weight excluding hydrogens is 296 g/mol. The van der Waals surface area contributed by atoms with Gasteiger partial charge in [-0.1, -0.05) is 24.4 Å². The summed E-state index contributed by atoms with van der Waals surface area (Å²) in [5.41, 5.74) is 6.73. The molecule has 1 aromatic carbocycles. The van der Waals surface area contributed by atoms with E-state index in [2.05, 4.69) is 4.72 Å². The van der Waals surface area contributed by atoms with Gasteiger partial charge in [-0.25, -0.2) is 13.1 Å². The van der Waals surface area contributed by atoms with Crippen LogP contribution in [0.2, 0.25) is 0 Å². The Balaban J connectivity index is 3.03. The van der Waals surface area contributed by atoms with E-state index in [1.807, 2.05) is 0 Å². The molecule has 0 saturated carbocycles. The van der Waals surface area contributed by atoms with Crippen molar-refractivity contribution in [2.24, 2.45) is 5.73 Å². The maximum Gasteiger partial charge on any atom is 0.241 e. The van der Waals surface area contributed by atoms with Gasteiger partial charge in [0, 0.05) is 25.3 Å². The lowest BCUT2D eigenvalue weighted by atomic mass is 10.1. The zero-order valence-electron chi connectivity index (χ0n) is 11.8. The molecule has 7 heteroatoms. The zero-order chi connectivity index (χ0) is 15.3. The number of thiocarbonyl (C=S) groups is 1. The molecule has 5 nitrogen and oxygen atoms in total. The number of benzene rings is 1. The van der Waals surface area contributed by atoms with Crippen LogP contribution in [0.25, 0.3) is 0 Å². The Labute approximate surface area is 125 Å². The second-order valence-corrected chi connectivity index (χ2v) is 6.77. The van der Waals surface area contributed by atoms with Gasteiger partial charge in [-0.05, 0) is 31.9 Å². The molecule has 112 valence electrons. The Morgan fingerprint density at radius 1 is 1.50 bits per heavy atom. The molecule has 1 rings (SSSR count). The molecule has 0 spiro atoms. The smallest absolute Gasteiger partial charge is 0.241 e. The Hall–Kier alpha value is -1.02. The van der Waals surface area contributed by atoms with Crippen LogP contribution >= 0.6 is 12.2 Å². The Morgan fingerprint density at radius 3 is 2.70 bits per heavy atom.